The average molecular weight is 490 g/mol. The number of aromatic hydroxyl groups is 1. The summed E-state index contributed by atoms with van der Waals surface area (Å²) in [5.74, 6) is -1.94. The quantitative estimate of drug-likeness (QED) is 0.319. The highest BCUT2D eigenvalue weighted by molar-refractivity contribution is 7.91. The molecule has 0 unspecified atom stereocenters. The first kappa shape index (κ1) is 24.7. The van der Waals surface area contributed by atoms with Gasteiger partial charge in [0.2, 0.25) is 9.84 Å². The molecule has 0 heterocycles. The van der Waals surface area contributed by atoms with Crippen LogP contribution in [0.5, 0.6) is 5.75 Å². The van der Waals surface area contributed by atoms with Crippen LogP contribution in [-0.4, -0.2) is 42.8 Å². The summed E-state index contributed by atoms with van der Waals surface area (Å²) >= 11 is 5.94. The van der Waals surface area contributed by atoms with Crippen molar-refractivity contribution in [1.29, 1.82) is 0 Å². The van der Waals surface area contributed by atoms with E-state index in [-0.39, 0.29) is 15.4 Å². The number of rotatable bonds is 10. The van der Waals surface area contributed by atoms with E-state index >= 15 is 0 Å². The number of hydrogen-bond acceptors (Lipinski definition) is 6. The number of carboxylic acid groups (broad SMARTS) is 1. The lowest BCUT2D eigenvalue weighted by atomic mass is 10.1. The lowest BCUT2D eigenvalue weighted by Gasteiger charge is -2.12. The molecule has 0 aromatic heterocycles. The molecule has 0 amide bonds. The van der Waals surface area contributed by atoms with Crippen LogP contribution in [0, 0.1) is 0 Å². The van der Waals surface area contributed by atoms with Gasteiger partial charge in [-0.1, -0.05) is 35.9 Å². The van der Waals surface area contributed by atoms with Gasteiger partial charge in [0.1, 0.15) is 11.3 Å². The smallest absolute Gasteiger partial charge is 0.339 e. The van der Waals surface area contributed by atoms with E-state index in [4.69, 9.17) is 16.7 Å². The third-order valence-electron chi connectivity index (χ3n) is 5.13. The molecule has 9 heteroatoms. The maximum absolute atomic E-state index is 12.8. The third kappa shape index (κ3) is 6.33. The number of halogens is 1. The number of carbonyl (C=O) groups is 1. The maximum Gasteiger partial charge on any atom is 0.339 e. The van der Waals surface area contributed by atoms with Crippen molar-refractivity contribution in [2.24, 2.45) is 0 Å². The highest BCUT2D eigenvalue weighted by Crippen LogP contribution is 2.27. The Morgan fingerprint density at radius 2 is 1.70 bits per heavy atom. The van der Waals surface area contributed by atoms with Gasteiger partial charge in [-0.25, -0.2) is 13.2 Å². The van der Waals surface area contributed by atoms with Crippen LogP contribution in [0.25, 0.3) is 0 Å². The molecule has 0 aliphatic heterocycles. The summed E-state index contributed by atoms with van der Waals surface area (Å²) < 4.78 is 25.6. The van der Waals surface area contributed by atoms with Gasteiger partial charge in [-0.15, -0.1) is 0 Å². The van der Waals surface area contributed by atoms with E-state index in [0.717, 1.165) is 35.7 Å². The fraction of sp³-hybridized carbons (Fsp3) is 0.208. The number of nitrogens with one attached hydrogen (secondary N) is 1. The number of hydrogen-bond donors (Lipinski definition) is 4. The normalized spacial score (nSPS) is 12.4. The van der Waals surface area contributed by atoms with Crippen molar-refractivity contribution < 1.29 is 28.5 Å². The Balaban J connectivity index is 1.52. The highest BCUT2D eigenvalue weighted by atomic mass is 35.5. The zero-order valence-electron chi connectivity index (χ0n) is 17.6. The van der Waals surface area contributed by atoms with Gasteiger partial charge in [0, 0.05) is 11.6 Å². The van der Waals surface area contributed by atoms with Crippen molar-refractivity contribution in [1.82, 2.24) is 5.32 Å². The second-order valence-electron chi connectivity index (χ2n) is 7.51. The van der Waals surface area contributed by atoms with E-state index in [0.29, 0.717) is 24.5 Å². The van der Waals surface area contributed by atoms with Crippen LogP contribution in [-0.2, 0) is 16.3 Å². The van der Waals surface area contributed by atoms with Crippen LogP contribution in [0.15, 0.2) is 76.5 Å². The van der Waals surface area contributed by atoms with Gasteiger partial charge in [0.05, 0.1) is 15.9 Å². The number of aliphatic hydroxyl groups is 1. The molecule has 0 radical (unpaired) electrons. The standard InChI is InChI=1S/C24H24ClNO6S/c25-18-5-1-4-17(13-18)23(28)15-26-12-2-3-16-6-8-19(9-7-16)33(31,32)20-10-11-21(24(29)30)22(27)14-20/h1,4-11,13-14,23,26-28H,2-3,12,15H2,(H,29,30)/t23-/m1/s1. The minimum atomic E-state index is -3.89. The van der Waals surface area contributed by atoms with E-state index in [9.17, 15) is 23.4 Å². The summed E-state index contributed by atoms with van der Waals surface area (Å²) in [5, 5.41) is 32.7. The predicted molar refractivity (Wildman–Crippen MR) is 125 cm³/mol. The largest absolute Gasteiger partial charge is 0.507 e. The first-order chi connectivity index (χ1) is 15.7. The zero-order chi connectivity index (χ0) is 24.0. The third-order valence-corrected chi connectivity index (χ3v) is 7.14. The maximum atomic E-state index is 12.8. The lowest BCUT2D eigenvalue weighted by Crippen LogP contribution is -2.22. The van der Waals surface area contributed by atoms with Gasteiger partial charge < -0.3 is 20.6 Å². The molecule has 3 rings (SSSR count). The van der Waals surface area contributed by atoms with Gasteiger partial charge >= 0.3 is 5.97 Å². The summed E-state index contributed by atoms with van der Waals surface area (Å²) in [4.78, 5) is 10.9. The summed E-state index contributed by atoms with van der Waals surface area (Å²) in [6, 6.07) is 16.7. The van der Waals surface area contributed by atoms with E-state index in [1.165, 1.54) is 12.1 Å². The molecule has 0 aliphatic rings. The number of phenols is 1. The number of aliphatic hydroxyl groups excluding tert-OH is 1. The Kier molecular flexibility index (Phi) is 8.10. The predicted octanol–water partition coefficient (Wildman–Crippen LogP) is 3.83. The minimum Gasteiger partial charge on any atom is -0.507 e. The summed E-state index contributed by atoms with van der Waals surface area (Å²) in [5.41, 5.74) is 1.34. The van der Waals surface area contributed by atoms with Crippen LogP contribution < -0.4 is 5.32 Å². The summed E-state index contributed by atoms with van der Waals surface area (Å²) in [6.07, 6.45) is 0.852. The Morgan fingerprint density at radius 1 is 1.00 bits per heavy atom. The van der Waals surface area contributed by atoms with E-state index in [1.54, 1.807) is 30.3 Å². The van der Waals surface area contributed by atoms with Crippen molar-refractivity contribution in [3.63, 3.8) is 0 Å². The van der Waals surface area contributed by atoms with Crippen LogP contribution in [0.1, 0.15) is 34.0 Å². The molecule has 33 heavy (non-hydrogen) atoms. The second kappa shape index (κ2) is 10.8. The number of benzene rings is 3. The van der Waals surface area contributed by atoms with Crippen molar-refractivity contribution in [2.75, 3.05) is 13.1 Å². The number of sulfone groups is 1. The topological polar surface area (TPSA) is 124 Å². The zero-order valence-corrected chi connectivity index (χ0v) is 19.2. The molecule has 0 saturated heterocycles. The van der Waals surface area contributed by atoms with Gasteiger partial charge in [-0.2, -0.15) is 0 Å². The van der Waals surface area contributed by atoms with E-state index in [1.807, 2.05) is 6.07 Å². The summed E-state index contributed by atoms with van der Waals surface area (Å²) in [6.45, 7) is 1.07. The molecule has 4 N–H and O–H groups in total. The molecule has 0 aliphatic carbocycles. The molecule has 174 valence electrons. The fourth-order valence-electron chi connectivity index (χ4n) is 3.32. The van der Waals surface area contributed by atoms with Crippen molar-refractivity contribution >= 4 is 27.4 Å². The van der Waals surface area contributed by atoms with E-state index < -0.39 is 27.7 Å². The first-order valence-electron chi connectivity index (χ1n) is 10.2. The Hall–Kier alpha value is -2.91. The highest BCUT2D eigenvalue weighted by Gasteiger charge is 2.20. The molecule has 0 saturated carbocycles. The Labute approximate surface area is 197 Å². The Bertz CT molecular complexity index is 1230. The van der Waals surface area contributed by atoms with Gasteiger partial charge in [0.25, 0.3) is 0 Å². The second-order valence-corrected chi connectivity index (χ2v) is 9.90. The monoisotopic (exact) mass is 489 g/mol. The van der Waals surface area contributed by atoms with Crippen LogP contribution in [0.4, 0.5) is 0 Å². The molecule has 3 aromatic rings. The van der Waals surface area contributed by atoms with Crippen molar-refractivity contribution in [2.45, 2.75) is 28.7 Å². The van der Waals surface area contributed by atoms with Crippen LogP contribution in [0.3, 0.4) is 0 Å². The summed E-state index contributed by atoms with van der Waals surface area (Å²) in [7, 11) is -3.89. The molecule has 0 fully saturated rings. The van der Waals surface area contributed by atoms with Crippen LogP contribution in [0.2, 0.25) is 5.02 Å². The molecule has 0 bridgehead atoms. The molecular weight excluding hydrogens is 466 g/mol. The Morgan fingerprint density at radius 3 is 2.33 bits per heavy atom. The van der Waals surface area contributed by atoms with Crippen molar-refractivity contribution in [3.8, 4) is 5.75 Å². The van der Waals surface area contributed by atoms with Crippen LogP contribution >= 0.6 is 11.6 Å². The number of aromatic carboxylic acids is 1. The number of aryl methyl sites for hydroxylation is 1. The van der Waals surface area contributed by atoms with Gasteiger partial charge in [0.15, 0.2) is 0 Å². The van der Waals surface area contributed by atoms with Gasteiger partial charge in [-0.05, 0) is 73.0 Å². The minimum absolute atomic E-state index is 0.0523. The first-order valence-corrected chi connectivity index (χ1v) is 12.1. The molecule has 7 nitrogen and oxygen atoms in total. The fourth-order valence-corrected chi connectivity index (χ4v) is 4.80. The lowest BCUT2D eigenvalue weighted by molar-refractivity contribution is 0.0693. The van der Waals surface area contributed by atoms with E-state index in [2.05, 4.69) is 5.32 Å². The van der Waals surface area contributed by atoms with Crippen molar-refractivity contribution in [3.05, 3.63) is 88.4 Å². The average Bonchev–Trinajstić information content (AvgIpc) is 2.78. The SMILES string of the molecule is O=C(O)c1ccc(S(=O)(=O)c2ccc(CCCNC[C@@H](O)c3cccc(Cl)c3)cc2)cc1O. The molecule has 3 aromatic carbocycles. The van der Waals surface area contributed by atoms with Gasteiger partial charge in [-0.3, -0.25) is 0 Å². The molecule has 0 spiro atoms. The molecule has 1 atom stereocenters. The molecular formula is C24H24ClNO6S. The number of carboxylic acids is 1.